The van der Waals surface area contributed by atoms with Crippen molar-refractivity contribution in [1.82, 2.24) is 24.1 Å². The molecule has 4 heterocycles. The summed E-state index contributed by atoms with van der Waals surface area (Å²) in [6.45, 7) is 0. The molecule has 6 heteroatoms. The molecule has 4 aromatic heterocycles. The van der Waals surface area contributed by atoms with Gasteiger partial charge in [-0.1, -0.05) is 139 Å². The van der Waals surface area contributed by atoms with E-state index in [0.29, 0.717) is 43.6 Å². The molecule has 0 amide bonds. The Bertz CT molecular complexity index is 4220. The van der Waals surface area contributed by atoms with E-state index in [-0.39, 0.29) is 47.0 Å². The van der Waals surface area contributed by atoms with Crippen LogP contribution in [-0.4, -0.2) is 24.1 Å². The maximum Gasteiger partial charge on any atom is 0.164 e. The monoisotopic (exact) mass is 827 g/mol. The van der Waals surface area contributed by atoms with E-state index >= 15 is 0 Å². The average Bonchev–Trinajstić information content (AvgIpc) is 4.06. The lowest BCUT2D eigenvalue weighted by Gasteiger charge is -2.17. The van der Waals surface area contributed by atoms with Crippen molar-refractivity contribution in [2.45, 2.75) is 0 Å². The second-order valence-corrected chi connectivity index (χ2v) is 16.5. The Balaban J connectivity index is 1.10. The molecule has 0 aliphatic carbocycles. The average molecular weight is 828 g/mol. The zero-order valence-corrected chi connectivity index (χ0v) is 34.2. The molecule has 63 heavy (non-hydrogen) atoms. The van der Waals surface area contributed by atoms with E-state index in [2.05, 4.69) is 88.0 Å². The molecule has 0 spiro atoms. The Kier molecular flexibility index (Phi) is 6.75. The highest BCUT2D eigenvalue weighted by Crippen LogP contribution is 2.44. The molecule has 0 aliphatic rings. The molecule has 0 unspecified atom stereocenters. The molecule has 0 fully saturated rings. The zero-order valence-electron chi connectivity index (χ0n) is 39.4. The Morgan fingerprint density at radius 3 is 1.65 bits per heavy atom. The van der Waals surface area contributed by atoms with Gasteiger partial charge in [-0.2, -0.15) is 0 Å². The van der Waals surface area contributed by atoms with Gasteiger partial charge in [-0.25, -0.2) is 15.0 Å². The third-order valence-corrected chi connectivity index (χ3v) is 13.1. The molecule has 0 bridgehead atoms. The largest absolute Gasteiger partial charge is 0.309 e. The van der Waals surface area contributed by atoms with E-state index in [1.807, 2.05) is 91.0 Å². The Hall–Kier alpha value is -8.19. The Morgan fingerprint density at radius 1 is 0.381 bits per heavy atom. The number of aromatic nitrogens is 5. The molecule has 0 saturated carbocycles. The fraction of sp³-hybridized carbons (Fsp3) is 0. The van der Waals surface area contributed by atoms with Gasteiger partial charge in [-0.3, -0.25) is 0 Å². The molecule has 9 aromatic carbocycles. The normalized spacial score (nSPS) is 13.1. The Morgan fingerprint density at radius 2 is 0.937 bits per heavy atom. The SMILES string of the molecule is [2H]c1cc([2H])c2sc3c(-c4cc(-c5nc(-c6ccccc6)nc(-c6ccc7c(c6)c6ccccc6n7-c6ccccc6)n5)ccc4-n4c5ccccc5c5ccccc54)c([2H])c([2H])c([2H])c3c2c1[2H]. The lowest BCUT2D eigenvalue weighted by Crippen LogP contribution is -2.02. The first-order valence-corrected chi connectivity index (χ1v) is 21.5. The van der Waals surface area contributed by atoms with Gasteiger partial charge >= 0.3 is 0 Å². The van der Waals surface area contributed by atoms with E-state index in [1.54, 1.807) is 0 Å². The van der Waals surface area contributed by atoms with Crippen LogP contribution < -0.4 is 0 Å². The summed E-state index contributed by atoms with van der Waals surface area (Å²) in [5.41, 5.74) is 9.00. The van der Waals surface area contributed by atoms with Crippen LogP contribution in [-0.2, 0) is 0 Å². The molecule has 0 aliphatic heterocycles. The fourth-order valence-corrected chi connectivity index (χ4v) is 10.2. The first-order chi connectivity index (χ1) is 33.7. The minimum Gasteiger partial charge on any atom is -0.309 e. The van der Waals surface area contributed by atoms with E-state index in [1.165, 1.54) is 17.4 Å². The van der Waals surface area contributed by atoms with Crippen LogP contribution in [0.2, 0.25) is 0 Å². The van der Waals surface area contributed by atoms with E-state index in [4.69, 9.17) is 19.1 Å². The standard InChI is InChI=1S/C57H35N5S/c1-3-16-36(17-4-1)55-58-56(37-30-32-51-46(34-37)42-22-9-11-26-48(42)61(51)39-18-5-2-6-19-39)60-57(59-55)38-31-33-52(62-49-27-12-7-20-40(49)41-21-8-13-28-50(41)62)47(35-38)45-25-15-24-44-43-23-10-14-29-53(43)63-54(44)45/h1-35H/i10D,15D,23D,24D,25D,29D. The predicted molar refractivity (Wildman–Crippen MR) is 263 cm³/mol. The van der Waals surface area contributed by atoms with E-state index in [9.17, 15) is 4.11 Å². The molecule has 0 radical (unpaired) electrons. The third-order valence-electron chi connectivity index (χ3n) is 11.9. The third kappa shape index (κ3) is 5.66. The van der Waals surface area contributed by atoms with Crippen molar-refractivity contribution in [2.75, 3.05) is 0 Å². The number of hydrogen-bond acceptors (Lipinski definition) is 4. The molecule has 13 rings (SSSR count). The van der Waals surface area contributed by atoms with Gasteiger partial charge in [0, 0.05) is 75.2 Å². The lowest BCUT2D eigenvalue weighted by atomic mass is 9.98. The van der Waals surface area contributed by atoms with Crippen molar-refractivity contribution in [3.8, 4) is 56.7 Å². The van der Waals surface area contributed by atoms with Crippen molar-refractivity contribution in [2.24, 2.45) is 0 Å². The van der Waals surface area contributed by atoms with E-state index in [0.717, 1.165) is 66.1 Å². The molecular formula is C57H35N5S. The molecule has 0 saturated heterocycles. The van der Waals surface area contributed by atoms with Gasteiger partial charge < -0.3 is 9.13 Å². The van der Waals surface area contributed by atoms with Crippen LogP contribution in [0.25, 0.3) is 120 Å². The van der Waals surface area contributed by atoms with Gasteiger partial charge in [-0.05, 0) is 72.8 Å². The number of nitrogens with zero attached hydrogens (tertiary/aromatic N) is 5. The summed E-state index contributed by atoms with van der Waals surface area (Å²) in [7, 11) is 0. The van der Waals surface area contributed by atoms with Crippen LogP contribution in [0.3, 0.4) is 0 Å². The van der Waals surface area contributed by atoms with Crippen LogP contribution in [0, 0.1) is 0 Å². The van der Waals surface area contributed by atoms with Gasteiger partial charge in [0.25, 0.3) is 0 Å². The van der Waals surface area contributed by atoms with Crippen molar-refractivity contribution < 1.29 is 8.22 Å². The number of fused-ring (bicyclic) bond motifs is 9. The fourth-order valence-electron chi connectivity index (χ4n) is 9.13. The van der Waals surface area contributed by atoms with E-state index < -0.39 is 0 Å². The first kappa shape index (κ1) is 29.9. The highest BCUT2D eigenvalue weighted by atomic mass is 32.1. The summed E-state index contributed by atoms with van der Waals surface area (Å²) < 4.78 is 60.0. The van der Waals surface area contributed by atoms with Gasteiger partial charge in [-0.15, -0.1) is 11.3 Å². The summed E-state index contributed by atoms with van der Waals surface area (Å²) in [6, 6.07) is 57.6. The topological polar surface area (TPSA) is 48.5 Å². The maximum atomic E-state index is 9.69. The predicted octanol–water partition coefficient (Wildman–Crippen LogP) is 15.1. The molecular weight excluding hydrogens is 787 g/mol. The van der Waals surface area contributed by atoms with Crippen molar-refractivity contribution in [3.63, 3.8) is 0 Å². The molecule has 5 nitrogen and oxygen atoms in total. The number of rotatable bonds is 6. The minimum absolute atomic E-state index is 0.0564. The van der Waals surface area contributed by atoms with Gasteiger partial charge in [0.1, 0.15) is 0 Å². The lowest BCUT2D eigenvalue weighted by molar-refractivity contribution is 1.07. The van der Waals surface area contributed by atoms with Crippen LogP contribution in [0.15, 0.2) is 212 Å². The van der Waals surface area contributed by atoms with Gasteiger partial charge in [0.2, 0.25) is 0 Å². The minimum atomic E-state index is -0.310. The second kappa shape index (κ2) is 14.2. The van der Waals surface area contributed by atoms with Gasteiger partial charge in [0.15, 0.2) is 17.5 Å². The summed E-state index contributed by atoms with van der Waals surface area (Å²) >= 11 is 1.22. The highest BCUT2D eigenvalue weighted by Gasteiger charge is 2.21. The smallest absolute Gasteiger partial charge is 0.164 e. The van der Waals surface area contributed by atoms with Crippen molar-refractivity contribution >= 4 is 75.1 Å². The highest BCUT2D eigenvalue weighted by molar-refractivity contribution is 7.26. The quantitative estimate of drug-likeness (QED) is 0.168. The molecule has 13 aromatic rings. The van der Waals surface area contributed by atoms with Crippen LogP contribution >= 0.6 is 11.3 Å². The number of hydrogen-bond donors (Lipinski definition) is 0. The molecule has 0 atom stereocenters. The number of para-hydroxylation sites is 4. The second-order valence-electron chi connectivity index (χ2n) is 15.5. The van der Waals surface area contributed by atoms with Crippen LogP contribution in [0.5, 0.6) is 0 Å². The zero-order chi connectivity index (χ0) is 46.7. The molecule has 294 valence electrons. The summed E-state index contributed by atoms with van der Waals surface area (Å²) in [5, 5.41) is 4.80. The van der Waals surface area contributed by atoms with Crippen LogP contribution in [0.1, 0.15) is 8.22 Å². The first-order valence-electron chi connectivity index (χ1n) is 23.7. The van der Waals surface area contributed by atoms with Crippen molar-refractivity contribution in [3.05, 3.63) is 212 Å². The summed E-state index contributed by atoms with van der Waals surface area (Å²) in [6.07, 6.45) is 0. The van der Waals surface area contributed by atoms with Crippen molar-refractivity contribution in [1.29, 1.82) is 0 Å². The van der Waals surface area contributed by atoms with Gasteiger partial charge in [0.05, 0.1) is 36.0 Å². The maximum absolute atomic E-state index is 9.69. The number of benzene rings is 9. The van der Waals surface area contributed by atoms with Crippen LogP contribution in [0.4, 0.5) is 0 Å². The summed E-state index contributed by atoms with van der Waals surface area (Å²) in [4.78, 5) is 15.5. The Labute approximate surface area is 374 Å². The summed E-state index contributed by atoms with van der Waals surface area (Å²) in [5.74, 6) is 1.35. The number of thiophene rings is 1. The molecule has 0 N–H and O–H groups in total.